The molecule has 6 heteroatoms. The van der Waals surface area contributed by atoms with Gasteiger partial charge in [0.1, 0.15) is 0 Å². The van der Waals surface area contributed by atoms with Crippen LogP contribution >= 0.6 is 11.6 Å². The number of hydrogen-bond acceptors (Lipinski definition) is 4. The summed E-state index contributed by atoms with van der Waals surface area (Å²) in [5.41, 5.74) is 0.183. The quantitative estimate of drug-likeness (QED) is 0.657. The SMILES string of the molecule is CC(C)(C#N)CNCc1cc([N+](=O)[O-])ccc1Cl. The summed E-state index contributed by atoms with van der Waals surface area (Å²) < 4.78 is 0. The van der Waals surface area contributed by atoms with E-state index in [-0.39, 0.29) is 5.69 Å². The van der Waals surface area contributed by atoms with Crippen LogP contribution in [0.3, 0.4) is 0 Å². The molecule has 0 saturated carbocycles. The van der Waals surface area contributed by atoms with Crippen LogP contribution in [-0.2, 0) is 6.54 Å². The predicted molar refractivity (Wildman–Crippen MR) is 69.2 cm³/mol. The average molecular weight is 268 g/mol. The molecule has 0 aromatic heterocycles. The summed E-state index contributed by atoms with van der Waals surface area (Å²) in [6.45, 7) is 4.51. The zero-order chi connectivity index (χ0) is 13.8. The van der Waals surface area contributed by atoms with E-state index >= 15 is 0 Å². The van der Waals surface area contributed by atoms with E-state index < -0.39 is 10.3 Å². The van der Waals surface area contributed by atoms with Crippen molar-refractivity contribution in [2.24, 2.45) is 5.41 Å². The van der Waals surface area contributed by atoms with Gasteiger partial charge in [0, 0.05) is 30.2 Å². The maximum Gasteiger partial charge on any atom is 0.269 e. The Labute approximate surface area is 111 Å². The molecule has 0 aliphatic rings. The number of nitrogens with zero attached hydrogens (tertiary/aromatic N) is 2. The number of halogens is 1. The molecule has 0 aliphatic carbocycles. The fraction of sp³-hybridized carbons (Fsp3) is 0.417. The summed E-state index contributed by atoms with van der Waals surface area (Å²) in [7, 11) is 0. The normalized spacial score (nSPS) is 11.0. The third-order valence-corrected chi connectivity index (χ3v) is 2.79. The molecule has 0 atom stereocenters. The van der Waals surface area contributed by atoms with E-state index in [4.69, 9.17) is 16.9 Å². The van der Waals surface area contributed by atoms with Gasteiger partial charge in [0.05, 0.1) is 16.4 Å². The number of nitro benzene ring substituents is 1. The Morgan fingerprint density at radius 3 is 2.78 bits per heavy atom. The number of nitro groups is 1. The van der Waals surface area contributed by atoms with Crippen LogP contribution in [0.15, 0.2) is 18.2 Å². The van der Waals surface area contributed by atoms with Gasteiger partial charge in [-0.1, -0.05) is 11.6 Å². The lowest BCUT2D eigenvalue weighted by Crippen LogP contribution is -2.27. The zero-order valence-electron chi connectivity index (χ0n) is 10.2. The molecule has 0 fully saturated rings. The summed E-state index contributed by atoms with van der Waals surface area (Å²) in [4.78, 5) is 10.2. The van der Waals surface area contributed by atoms with Crippen LogP contribution in [0.2, 0.25) is 5.02 Å². The molecular weight excluding hydrogens is 254 g/mol. The second-order valence-corrected chi connectivity index (χ2v) is 5.04. The highest BCUT2D eigenvalue weighted by Crippen LogP contribution is 2.22. The van der Waals surface area contributed by atoms with Crippen LogP contribution in [0.4, 0.5) is 5.69 Å². The minimum Gasteiger partial charge on any atom is -0.311 e. The van der Waals surface area contributed by atoms with E-state index in [0.717, 1.165) is 0 Å². The lowest BCUT2D eigenvalue weighted by Gasteiger charge is -2.16. The van der Waals surface area contributed by atoms with Crippen molar-refractivity contribution in [1.29, 1.82) is 5.26 Å². The first-order valence-corrected chi connectivity index (χ1v) is 5.78. The van der Waals surface area contributed by atoms with Crippen LogP contribution in [0, 0.1) is 26.9 Å². The molecule has 5 nitrogen and oxygen atoms in total. The summed E-state index contributed by atoms with van der Waals surface area (Å²) in [6, 6.07) is 6.48. The Morgan fingerprint density at radius 2 is 2.22 bits per heavy atom. The molecule has 1 aromatic carbocycles. The first-order valence-electron chi connectivity index (χ1n) is 5.40. The number of nitriles is 1. The lowest BCUT2D eigenvalue weighted by atomic mass is 9.96. The summed E-state index contributed by atoms with van der Waals surface area (Å²) in [6.07, 6.45) is 0. The maximum atomic E-state index is 10.6. The molecule has 0 saturated heterocycles. The second kappa shape index (κ2) is 5.80. The molecule has 1 aromatic rings. The molecule has 0 spiro atoms. The van der Waals surface area contributed by atoms with Gasteiger partial charge in [0.15, 0.2) is 0 Å². The van der Waals surface area contributed by atoms with Crippen molar-refractivity contribution >= 4 is 17.3 Å². The Balaban J connectivity index is 2.71. The van der Waals surface area contributed by atoms with Crippen LogP contribution in [-0.4, -0.2) is 11.5 Å². The van der Waals surface area contributed by atoms with Crippen molar-refractivity contribution < 1.29 is 4.92 Å². The van der Waals surface area contributed by atoms with Gasteiger partial charge in [0.2, 0.25) is 0 Å². The zero-order valence-corrected chi connectivity index (χ0v) is 11.0. The van der Waals surface area contributed by atoms with Crippen molar-refractivity contribution in [1.82, 2.24) is 5.32 Å². The van der Waals surface area contributed by atoms with E-state index in [0.29, 0.717) is 23.7 Å². The molecule has 1 rings (SSSR count). The van der Waals surface area contributed by atoms with Gasteiger partial charge in [-0.15, -0.1) is 0 Å². The van der Waals surface area contributed by atoms with E-state index in [1.165, 1.54) is 18.2 Å². The van der Waals surface area contributed by atoms with Gasteiger partial charge in [0.25, 0.3) is 5.69 Å². The molecule has 0 bridgehead atoms. The smallest absolute Gasteiger partial charge is 0.269 e. The highest BCUT2D eigenvalue weighted by Gasteiger charge is 2.16. The van der Waals surface area contributed by atoms with Gasteiger partial charge in [-0.05, 0) is 25.5 Å². The fourth-order valence-electron chi connectivity index (χ4n) is 1.36. The number of non-ortho nitro benzene ring substituents is 1. The van der Waals surface area contributed by atoms with Crippen molar-refractivity contribution in [3.05, 3.63) is 38.9 Å². The number of nitrogens with one attached hydrogen (secondary N) is 1. The predicted octanol–water partition coefficient (Wildman–Crippen LogP) is 2.89. The Morgan fingerprint density at radius 1 is 1.56 bits per heavy atom. The monoisotopic (exact) mass is 267 g/mol. The van der Waals surface area contributed by atoms with Crippen molar-refractivity contribution in [2.75, 3.05) is 6.54 Å². The lowest BCUT2D eigenvalue weighted by molar-refractivity contribution is -0.384. The molecule has 0 heterocycles. The third-order valence-electron chi connectivity index (χ3n) is 2.43. The average Bonchev–Trinajstić information content (AvgIpc) is 2.31. The van der Waals surface area contributed by atoms with Gasteiger partial charge in [-0.25, -0.2) is 0 Å². The van der Waals surface area contributed by atoms with Gasteiger partial charge in [-0.2, -0.15) is 5.26 Å². The largest absolute Gasteiger partial charge is 0.311 e. The van der Waals surface area contributed by atoms with Gasteiger partial charge < -0.3 is 5.32 Å². The van der Waals surface area contributed by atoms with Crippen molar-refractivity contribution in [2.45, 2.75) is 20.4 Å². The maximum absolute atomic E-state index is 10.6. The topological polar surface area (TPSA) is 79.0 Å². The highest BCUT2D eigenvalue weighted by atomic mass is 35.5. The second-order valence-electron chi connectivity index (χ2n) is 4.63. The van der Waals surface area contributed by atoms with E-state index in [9.17, 15) is 10.1 Å². The summed E-state index contributed by atoms with van der Waals surface area (Å²) in [5.74, 6) is 0. The van der Waals surface area contributed by atoms with Crippen LogP contribution in [0.5, 0.6) is 0 Å². The Kier molecular flexibility index (Phi) is 4.65. The highest BCUT2D eigenvalue weighted by molar-refractivity contribution is 6.31. The number of rotatable bonds is 5. The standard InChI is InChI=1S/C12H14ClN3O2/c1-12(2,7-14)8-15-6-9-5-10(16(17)18)3-4-11(9)13/h3-5,15H,6,8H2,1-2H3. The molecule has 0 unspecified atom stereocenters. The number of hydrogen-bond donors (Lipinski definition) is 1. The first-order chi connectivity index (χ1) is 8.35. The summed E-state index contributed by atoms with van der Waals surface area (Å²) in [5, 5.41) is 23.0. The summed E-state index contributed by atoms with van der Waals surface area (Å²) >= 11 is 5.96. The molecule has 1 N–H and O–H groups in total. The third kappa shape index (κ3) is 3.99. The van der Waals surface area contributed by atoms with Gasteiger partial charge >= 0.3 is 0 Å². The van der Waals surface area contributed by atoms with Crippen LogP contribution in [0.25, 0.3) is 0 Å². The number of benzene rings is 1. The van der Waals surface area contributed by atoms with Gasteiger partial charge in [-0.3, -0.25) is 10.1 Å². The molecule has 18 heavy (non-hydrogen) atoms. The van der Waals surface area contributed by atoms with E-state index in [1.807, 2.05) is 13.8 Å². The van der Waals surface area contributed by atoms with Crippen molar-refractivity contribution in [3.8, 4) is 6.07 Å². The van der Waals surface area contributed by atoms with Crippen LogP contribution in [0.1, 0.15) is 19.4 Å². The molecule has 96 valence electrons. The van der Waals surface area contributed by atoms with E-state index in [2.05, 4.69) is 11.4 Å². The fourth-order valence-corrected chi connectivity index (χ4v) is 1.54. The van der Waals surface area contributed by atoms with E-state index in [1.54, 1.807) is 0 Å². The minimum absolute atomic E-state index is 0.00995. The first kappa shape index (κ1) is 14.4. The Bertz CT molecular complexity index is 495. The Hall–Kier alpha value is -1.64. The van der Waals surface area contributed by atoms with Crippen LogP contribution < -0.4 is 5.32 Å². The minimum atomic E-state index is -0.479. The molecule has 0 amide bonds. The molecule has 0 radical (unpaired) electrons. The molecular formula is C12H14ClN3O2. The molecule has 0 aliphatic heterocycles. The van der Waals surface area contributed by atoms with Crippen molar-refractivity contribution in [3.63, 3.8) is 0 Å².